The molecule has 0 aliphatic carbocycles. The molecule has 1 rings (SSSR count). The molecule has 0 unspecified atom stereocenters. The lowest BCUT2D eigenvalue weighted by Gasteiger charge is -2.07. The Hall–Kier alpha value is -1.03. The fourth-order valence-electron chi connectivity index (χ4n) is 1.92. The van der Waals surface area contributed by atoms with E-state index < -0.39 is 12.6 Å². The second-order valence-electron chi connectivity index (χ2n) is 4.76. The second kappa shape index (κ2) is 8.97. The van der Waals surface area contributed by atoms with E-state index in [4.69, 9.17) is 0 Å². The number of rotatable bonds is 9. The summed E-state index contributed by atoms with van der Waals surface area (Å²) in [5, 5.41) is 3.19. The Labute approximate surface area is 113 Å². The summed E-state index contributed by atoms with van der Waals surface area (Å²) in [6, 6.07) is 10.3. The van der Waals surface area contributed by atoms with Gasteiger partial charge in [-0.3, -0.25) is 0 Å². The van der Waals surface area contributed by atoms with Gasteiger partial charge in [0.05, 0.1) is 0 Å². The average Bonchev–Trinajstić information content (AvgIpc) is 2.37. The molecule has 1 nitrogen and oxygen atoms in total. The van der Waals surface area contributed by atoms with Gasteiger partial charge in [-0.2, -0.15) is 13.2 Å². The van der Waals surface area contributed by atoms with E-state index in [2.05, 4.69) is 17.4 Å². The number of hydrogen-bond donors (Lipinski definition) is 1. The van der Waals surface area contributed by atoms with Crippen molar-refractivity contribution in [3.63, 3.8) is 0 Å². The van der Waals surface area contributed by atoms with Gasteiger partial charge in [-0.25, -0.2) is 0 Å². The molecule has 0 aromatic heterocycles. The summed E-state index contributed by atoms with van der Waals surface area (Å²) < 4.78 is 35.6. The number of aryl methyl sites for hydroxylation is 1. The second-order valence-corrected chi connectivity index (χ2v) is 4.76. The van der Waals surface area contributed by atoms with Crippen LogP contribution >= 0.6 is 0 Å². The fraction of sp³-hybridized carbons (Fsp3) is 0.600. The maximum Gasteiger partial charge on any atom is 0.389 e. The first kappa shape index (κ1) is 16.0. The van der Waals surface area contributed by atoms with Crippen LogP contribution in [0, 0.1) is 0 Å². The van der Waals surface area contributed by atoms with Gasteiger partial charge in [0.15, 0.2) is 0 Å². The topological polar surface area (TPSA) is 12.0 Å². The molecule has 0 aliphatic rings. The molecule has 1 aromatic rings. The molecule has 108 valence electrons. The first-order valence-corrected chi connectivity index (χ1v) is 6.89. The molecule has 0 bridgehead atoms. The molecule has 0 atom stereocenters. The zero-order chi connectivity index (χ0) is 14.0. The monoisotopic (exact) mass is 273 g/mol. The number of hydrogen-bond acceptors (Lipinski definition) is 1. The largest absolute Gasteiger partial charge is 0.389 e. The van der Waals surface area contributed by atoms with Gasteiger partial charge in [0, 0.05) is 6.42 Å². The smallest absolute Gasteiger partial charge is 0.317 e. The minimum absolute atomic E-state index is 0.223. The number of alkyl halides is 3. The summed E-state index contributed by atoms with van der Waals surface area (Å²) in [5.41, 5.74) is 1.34. The highest BCUT2D eigenvalue weighted by molar-refractivity contribution is 5.14. The lowest BCUT2D eigenvalue weighted by atomic mass is 10.1. The van der Waals surface area contributed by atoms with Crippen LogP contribution in [0.4, 0.5) is 13.2 Å². The van der Waals surface area contributed by atoms with Crippen molar-refractivity contribution < 1.29 is 13.2 Å². The molecular formula is C15H22F3N. The number of halogens is 3. The van der Waals surface area contributed by atoms with Crippen LogP contribution in [-0.2, 0) is 6.42 Å². The minimum atomic E-state index is -4.00. The van der Waals surface area contributed by atoms with Crippen LogP contribution in [0.15, 0.2) is 30.3 Å². The molecule has 0 saturated heterocycles. The SMILES string of the molecule is FC(F)(F)CCCCNCCCCc1ccccc1. The van der Waals surface area contributed by atoms with Gasteiger partial charge in [-0.1, -0.05) is 30.3 Å². The summed E-state index contributed by atoms with van der Waals surface area (Å²) in [5.74, 6) is 0. The predicted octanol–water partition coefficient (Wildman–Crippen LogP) is 4.33. The standard InChI is InChI=1S/C15H22F3N/c16-15(17,18)11-5-7-13-19-12-6-4-10-14-8-2-1-3-9-14/h1-3,8-9,19H,4-7,10-13H2. The fourth-order valence-corrected chi connectivity index (χ4v) is 1.92. The minimum Gasteiger partial charge on any atom is -0.317 e. The van der Waals surface area contributed by atoms with Crippen LogP contribution in [0.2, 0.25) is 0 Å². The highest BCUT2D eigenvalue weighted by atomic mass is 19.4. The third-order valence-corrected chi connectivity index (χ3v) is 2.98. The van der Waals surface area contributed by atoms with Gasteiger partial charge in [0.1, 0.15) is 0 Å². The predicted molar refractivity (Wildman–Crippen MR) is 72.2 cm³/mol. The van der Waals surface area contributed by atoms with Gasteiger partial charge in [0.2, 0.25) is 0 Å². The molecule has 0 aliphatic heterocycles. The maximum atomic E-state index is 11.9. The van der Waals surface area contributed by atoms with E-state index in [0.29, 0.717) is 13.0 Å². The zero-order valence-corrected chi connectivity index (χ0v) is 11.2. The summed E-state index contributed by atoms with van der Waals surface area (Å²) >= 11 is 0. The van der Waals surface area contributed by atoms with Crippen molar-refractivity contribution in [2.45, 2.75) is 44.7 Å². The number of benzene rings is 1. The van der Waals surface area contributed by atoms with E-state index in [-0.39, 0.29) is 6.42 Å². The molecule has 0 spiro atoms. The Balaban J connectivity index is 1.87. The van der Waals surface area contributed by atoms with Crippen molar-refractivity contribution in [2.24, 2.45) is 0 Å². The molecule has 19 heavy (non-hydrogen) atoms. The summed E-state index contributed by atoms with van der Waals surface area (Å²) in [6.07, 6.45) is -0.610. The van der Waals surface area contributed by atoms with Crippen molar-refractivity contribution in [1.29, 1.82) is 0 Å². The van der Waals surface area contributed by atoms with Crippen LogP contribution < -0.4 is 5.32 Å². The Kier molecular flexibility index (Phi) is 7.56. The Morgan fingerprint density at radius 2 is 1.47 bits per heavy atom. The molecule has 0 heterocycles. The maximum absolute atomic E-state index is 11.9. The summed E-state index contributed by atoms with van der Waals surface area (Å²) in [6.45, 7) is 1.57. The van der Waals surface area contributed by atoms with E-state index in [1.54, 1.807) is 0 Å². The summed E-state index contributed by atoms with van der Waals surface area (Å²) in [4.78, 5) is 0. The van der Waals surface area contributed by atoms with Crippen LogP contribution in [-0.4, -0.2) is 19.3 Å². The van der Waals surface area contributed by atoms with E-state index in [1.807, 2.05) is 18.2 Å². The Bertz CT molecular complexity index is 322. The van der Waals surface area contributed by atoms with Gasteiger partial charge < -0.3 is 5.32 Å². The van der Waals surface area contributed by atoms with Crippen LogP contribution in [0.25, 0.3) is 0 Å². The lowest BCUT2D eigenvalue weighted by Crippen LogP contribution is -2.17. The van der Waals surface area contributed by atoms with E-state index in [0.717, 1.165) is 25.8 Å². The Morgan fingerprint density at radius 1 is 0.842 bits per heavy atom. The van der Waals surface area contributed by atoms with Crippen LogP contribution in [0.1, 0.15) is 37.7 Å². The van der Waals surface area contributed by atoms with Crippen molar-refractivity contribution >= 4 is 0 Å². The quantitative estimate of drug-likeness (QED) is 0.660. The third kappa shape index (κ3) is 9.54. The average molecular weight is 273 g/mol. The summed E-state index contributed by atoms with van der Waals surface area (Å²) in [7, 11) is 0. The zero-order valence-electron chi connectivity index (χ0n) is 11.2. The molecule has 4 heteroatoms. The van der Waals surface area contributed by atoms with Crippen LogP contribution in [0.5, 0.6) is 0 Å². The molecular weight excluding hydrogens is 251 g/mol. The number of nitrogens with one attached hydrogen (secondary N) is 1. The molecule has 0 saturated carbocycles. The molecule has 0 fully saturated rings. The van der Waals surface area contributed by atoms with Crippen molar-refractivity contribution in [2.75, 3.05) is 13.1 Å². The highest BCUT2D eigenvalue weighted by Crippen LogP contribution is 2.21. The highest BCUT2D eigenvalue weighted by Gasteiger charge is 2.25. The first-order valence-electron chi connectivity index (χ1n) is 6.89. The van der Waals surface area contributed by atoms with Gasteiger partial charge in [0.25, 0.3) is 0 Å². The van der Waals surface area contributed by atoms with E-state index >= 15 is 0 Å². The Morgan fingerprint density at radius 3 is 2.11 bits per heavy atom. The lowest BCUT2D eigenvalue weighted by molar-refractivity contribution is -0.135. The molecule has 0 radical (unpaired) electrons. The van der Waals surface area contributed by atoms with Crippen molar-refractivity contribution in [3.8, 4) is 0 Å². The van der Waals surface area contributed by atoms with Gasteiger partial charge in [-0.05, 0) is 50.8 Å². The molecule has 0 amide bonds. The van der Waals surface area contributed by atoms with Crippen molar-refractivity contribution in [1.82, 2.24) is 5.32 Å². The van der Waals surface area contributed by atoms with Crippen LogP contribution in [0.3, 0.4) is 0 Å². The van der Waals surface area contributed by atoms with Crippen molar-refractivity contribution in [3.05, 3.63) is 35.9 Å². The number of unbranched alkanes of at least 4 members (excludes halogenated alkanes) is 2. The molecule has 1 aromatic carbocycles. The van der Waals surface area contributed by atoms with E-state index in [9.17, 15) is 13.2 Å². The van der Waals surface area contributed by atoms with Gasteiger partial charge in [-0.15, -0.1) is 0 Å². The van der Waals surface area contributed by atoms with Gasteiger partial charge >= 0.3 is 6.18 Å². The third-order valence-electron chi connectivity index (χ3n) is 2.98. The first-order chi connectivity index (χ1) is 9.08. The van der Waals surface area contributed by atoms with E-state index in [1.165, 1.54) is 5.56 Å². The normalized spacial score (nSPS) is 11.7. The molecule has 1 N–H and O–H groups in total.